The van der Waals surface area contributed by atoms with Gasteiger partial charge in [0.1, 0.15) is 0 Å². The molecule has 4 aliphatic rings. The Labute approximate surface area is 135 Å². The lowest BCUT2D eigenvalue weighted by Crippen LogP contribution is -3.00. The van der Waals surface area contributed by atoms with E-state index in [-0.39, 0.29) is 23.9 Å². The molecule has 0 heterocycles. The van der Waals surface area contributed by atoms with Gasteiger partial charge < -0.3 is 23.0 Å². The third-order valence-electron chi connectivity index (χ3n) is 5.60. The van der Waals surface area contributed by atoms with Crippen molar-refractivity contribution >= 4 is 5.91 Å². The van der Waals surface area contributed by atoms with E-state index in [0.717, 1.165) is 24.3 Å². The maximum atomic E-state index is 12.0. The molecule has 0 aromatic rings. The Morgan fingerprint density at radius 2 is 1.52 bits per heavy atom. The van der Waals surface area contributed by atoms with Crippen LogP contribution in [0.15, 0.2) is 0 Å². The first-order chi connectivity index (χ1) is 9.34. The number of rotatable bonds is 4. The lowest BCUT2D eigenvalue weighted by atomic mass is 9.49. The number of amides is 1. The van der Waals surface area contributed by atoms with Gasteiger partial charge in [-0.3, -0.25) is 4.79 Å². The number of carbonyl (C=O) groups excluding carboxylic acids is 1. The molecule has 3 nitrogen and oxygen atoms in total. The number of hydrogen-bond donors (Lipinski definition) is 2. The molecule has 0 atom stereocenters. The van der Waals surface area contributed by atoms with Gasteiger partial charge in [-0.25, -0.2) is 0 Å². The van der Waals surface area contributed by atoms with Gasteiger partial charge in [-0.1, -0.05) is 0 Å². The Kier molecular flexibility index (Phi) is 4.94. The van der Waals surface area contributed by atoms with E-state index in [1.807, 2.05) is 0 Å². The first kappa shape index (κ1) is 17.1. The van der Waals surface area contributed by atoms with Crippen molar-refractivity contribution in [3.63, 3.8) is 0 Å². The molecule has 0 unspecified atom stereocenters. The summed E-state index contributed by atoms with van der Waals surface area (Å²) in [5.41, 5.74) is 0.462. The summed E-state index contributed by atoms with van der Waals surface area (Å²) in [6.07, 6.45) is 8.51. The van der Waals surface area contributed by atoms with E-state index in [1.165, 1.54) is 38.5 Å². The summed E-state index contributed by atoms with van der Waals surface area (Å²) in [7, 11) is 0. The number of hydrogen-bond acceptors (Lipinski definition) is 2. The van der Waals surface area contributed by atoms with E-state index < -0.39 is 0 Å². The number of carbonyl (C=O) groups is 1. The zero-order chi connectivity index (χ0) is 14.4. The van der Waals surface area contributed by atoms with Crippen molar-refractivity contribution in [2.24, 2.45) is 23.2 Å². The second-order valence-corrected chi connectivity index (χ2v) is 8.80. The monoisotopic (exact) mass is 313 g/mol. The summed E-state index contributed by atoms with van der Waals surface area (Å²) in [5.74, 6) is 3.05. The molecule has 122 valence electrons. The minimum atomic E-state index is 0. The molecule has 4 heteroatoms. The fourth-order valence-corrected chi connectivity index (χ4v) is 5.20. The molecule has 21 heavy (non-hydrogen) atoms. The number of halogens is 1. The third-order valence-corrected chi connectivity index (χ3v) is 5.60. The van der Waals surface area contributed by atoms with Crippen LogP contribution in [0.4, 0.5) is 0 Å². The van der Waals surface area contributed by atoms with Gasteiger partial charge in [0.2, 0.25) is 5.91 Å². The minimum absolute atomic E-state index is 0. The molecule has 4 bridgehead atoms. The van der Waals surface area contributed by atoms with Gasteiger partial charge in [-0.15, -0.1) is 0 Å². The second-order valence-electron chi connectivity index (χ2n) is 8.80. The van der Waals surface area contributed by atoms with Crippen LogP contribution in [0.25, 0.3) is 0 Å². The maximum Gasteiger partial charge on any atom is 0.233 e. The number of nitrogens with one attached hydrogen (secondary N) is 2. The van der Waals surface area contributed by atoms with Gasteiger partial charge in [0.25, 0.3) is 0 Å². The molecule has 0 aliphatic heterocycles. The quantitative estimate of drug-likeness (QED) is 0.749. The van der Waals surface area contributed by atoms with E-state index in [4.69, 9.17) is 0 Å². The molecule has 2 N–H and O–H groups in total. The van der Waals surface area contributed by atoms with Crippen LogP contribution < -0.4 is 23.0 Å². The standard InChI is InChI=1S/C17H30N2O.ClH/c1-16(2,3)19-10-15(20)18-11-17-7-12-4-13(8-17)6-14(5-12)9-17;/h12-14,19H,4-11H2,1-3H3,(H,18,20);1H/p-1. The van der Waals surface area contributed by atoms with Gasteiger partial charge in [0.15, 0.2) is 0 Å². The molecule has 4 rings (SSSR count). The largest absolute Gasteiger partial charge is 1.00 e. The normalized spacial score (nSPS) is 37.2. The molecule has 4 fully saturated rings. The van der Waals surface area contributed by atoms with Crippen LogP contribution in [0.3, 0.4) is 0 Å². The van der Waals surface area contributed by atoms with Crippen LogP contribution in [-0.4, -0.2) is 24.5 Å². The Balaban J connectivity index is 0.00000161. The summed E-state index contributed by atoms with van der Waals surface area (Å²) in [6.45, 7) is 7.65. The predicted molar refractivity (Wildman–Crippen MR) is 81.4 cm³/mol. The van der Waals surface area contributed by atoms with Gasteiger partial charge >= 0.3 is 0 Å². The minimum Gasteiger partial charge on any atom is -1.00 e. The zero-order valence-electron chi connectivity index (χ0n) is 13.7. The summed E-state index contributed by atoms with van der Waals surface area (Å²) in [4.78, 5) is 12.0. The molecular formula is C17H30ClN2O-. The van der Waals surface area contributed by atoms with E-state index in [2.05, 4.69) is 31.4 Å². The highest BCUT2D eigenvalue weighted by molar-refractivity contribution is 5.78. The molecule has 0 saturated heterocycles. The fraction of sp³-hybridized carbons (Fsp3) is 0.941. The van der Waals surface area contributed by atoms with Crippen molar-refractivity contribution in [3.05, 3.63) is 0 Å². The van der Waals surface area contributed by atoms with E-state index >= 15 is 0 Å². The highest BCUT2D eigenvalue weighted by atomic mass is 35.5. The van der Waals surface area contributed by atoms with E-state index in [0.29, 0.717) is 12.0 Å². The van der Waals surface area contributed by atoms with Gasteiger partial charge in [0.05, 0.1) is 6.54 Å². The summed E-state index contributed by atoms with van der Waals surface area (Å²) >= 11 is 0. The lowest BCUT2D eigenvalue weighted by Gasteiger charge is -2.56. The van der Waals surface area contributed by atoms with Crippen molar-refractivity contribution in [3.8, 4) is 0 Å². The molecular weight excluding hydrogens is 284 g/mol. The summed E-state index contributed by atoms with van der Waals surface area (Å²) in [5, 5.41) is 6.48. The molecule has 1 amide bonds. The average molecular weight is 314 g/mol. The topological polar surface area (TPSA) is 41.1 Å². The average Bonchev–Trinajstić information content (AvgIpc) is 2.31. The predicted octanol–water partition coefficient (Wildman–Crippen LogP) is -0.289. The van der Waals surface area contributed by atoms with E-state index in [9.17, 15) is 4.79 Å². The fourth-order valence-electron chi connectivity index (χ4n) is 5.20. The van der Waals surface area contributed by atoms with Crippen molar-refractivity contribution in [1.29, 1.82) is 0 Å². The van der Waals surface area contributed by atoms with Crippen LogP contribution >= 0.6 is 0 Å². The molecule has 0 spiro atoms. The van der Waals surface area contributed by atoms with Crippen LogP contribution in [-0.2, 0) is 4.79 Å². The molecule has 0 aromatic carbocycles. The van der Waals surface area contributed by atoms with Gasteiger partial charge in [-0.2, -0.15) is 0 Å². The molecule has 4 saturated carbocycles. The first-order valence-electron chi connectivity index (χ1n) is 8.35. The van der Waals surface area contributed by atoms with Crippen molar-refractivity contribution in [1.82, 2.24) is 10.6 Å². The highest BCUT2D eigenvalue weighted by Gasteiger charge is 2.50. The molecule has 0 radical (unpaired) electrons. The van der Waals surface area contributed by atoms with Gasteiger partial charge in [-0.05, 0) is 82.5 Å². The second kappa shape index (κ2) is 6.08. The first-order valence-corrected chi connectivity index (χ1v) is 8.35. The summed E-state index contributed by atoms with van der Waals surface area (Å²) in [6, 6.07) is 0. The molecule has 0 aromatic heterocycles. The van der Waals surface area contributed by atoms with Crippen molar-refractivity contribution in [2.45, 2.75) is 64.8 Å². The highest BCUT2D eigenvalue weighted by Crippen LogP contribution is 2.59. The van der Waals surface area contributed by atoms with Crippen LogP contribution in [0.2, 0.25) is 0 Å². The van der Waals surface area contributed by atoms with Crippen molar-refractivity contribution < 1.29 is 17.2 Å². The van der Waals surface area contributed by atoms with Crippen LogP contribution in [0, 0.1) is 23.2 Å². The zero-order valence-corrected chi connectivity index (χ0v) is 14.4. The SMILES string of the molecule is CC(C)(C)NCC(=O)NCC12CC3CC(CC(C3)C1)C2.[Cl-]. The lowest BCUT2D eigenvalue weighted by molar-refractivity contribution is -0.122. The third kappa shape index (κ3) is 4.13. The van der Waals surface area contributed by atoms with E-state index in [1.54, 1.807) is 0 Å². The Morgan fingerprint density at radius 1 is 1.05 bits per heavy atom. The van der Waals surface area contributed by atoms with Crippen molar-refractivity contribution in [2.75, 3.05) is 13.1 Å². The Morgan fingerprint density at radius 3 is 1.95 bits per heavy atom. The Hall–Kier alpha value is -0.280. The maximum absolute atomic E-state index is 12.0. The smallest absolute Gasteiger partial charge is 0.233 e. The molecule has 4 aliphatic carbocycles. The summed E-state index contributed by atoms with van der Waals surface area (Å²) < 4.78 is 0. The van der Waals surface area contributed by atoms with Crippen LogP contribution in [0.1, 0.15) is 59.3 Å². The Bertz CT molecular complexity index is 353. The van der Waals surface area contributed by atoms with Crippen LogP contribution in [0.5, 0.6) is 0 Å². The van der Waals surface area contributed by atoms with Gasteiger partial charge in [0, 0.05) is 12.1 Å².